The van der Waals surface area contributed by atoms with E-state index in [2.05, 4.69) is 10.2 Å². The maximum atomic E-state index is 5.87. The monoisotopic (exact) mass is 252 g/mol. The molecular formula is C15H28N2O. The van der Waals surface area contributed by atoms with Gasteiger partial charge in [0.05, 0.1) is 12.2 Å². The van der Waals surface area contributed by atoms with E-state index in [0.717, 1.165) is 6.04 Å². The van der Waals surface area contributed by atoms with Crippen LogP contribution in [-0.2, 0) is 4.74 Å². The molecule has 3 fully saturated rings. The SMILES string of the molecule is C1CCC(NCCCN2CC3CCC(C2)O3)CC1. The fraction of sp³-hybridized carbons (Fsp3) is 1.00. The molecule has 1 saturated carbocycles. The quantitative estimate of drug-likeness (QED) is 0.759. The molecule has 1 aliphatic carbocycles. The summed E-state index contributed by atoms with van der Waals surface area (Å²) in [4.78, 5) is 2.62. The molecule has 2 unspecified atom stereocenters. The molecular weight excluding hydrogens is 224 g/mol. The second-order valence-electron chi connectivity index (χ2n) is 6.36. The van der Waals surface area contributed by atoms with Crippen molar-refractivity contribution >= 4 is 0 Å². The average Bonchev–Trinajstić information content (AvgIpc) is 2.75. The number of rotatable bonds is 5. The van der Waals surface area contributed by atoms with Gasteiger partial charge in [0.2, 0.25) is 0 Å². The molecule has 0 aromatic carbocycles. The molecule has 3 rings (SSSR count). The summed E-state index contributed by atoms with van der Waals surface area (Å²) < 4.78 is 5.87. The van der Waals surface area contributed by atoms with E-state index in [0.29, 0.717) is 12.2 Å². The van der Waals surface area contributed by atoms with E-state index in [1.807, 2.05) is 0 Å². The Bertz CT molecular complexity index is 241. The maximum Gasteiger partial charge on any atom is 0.0707 e. The minimum absolute atomic E-state index is 0.551. The van der Waals surface area contributed by atoms with Crippen LogP contribution in [0.2, 0.25) is 0 Å². The van der Waals surface area contributed by atoms with Gasteiger partial charge in [-0.25, -0.2) is 0 Å². The maximum absolute atomic E-state index is 5.87. The molecule has 3 nitrogen and oxygen atoms in total. The molecule has 3 heteroatoms. The first-order valence-corrected chi connectivity index (χ1v) is 8.01. The molecule has 0 amide bonds. The molecule has 2 saturated heterocycles. The third-order valence-electron chi connectivity index (χ3n) is 4.81. The molecule has 1 N–H and O–H groups in total. The van der Waals surface area contributed by atoms with Crippen molar-refractivity contribution in [3.05, 3.63) is 0 Å². The van der Waals surface area contributed by atoms with Crippen LogP contribution in [-0.4, -0.2) is 49.3 Å². The standard InChI is InChI=1S/C15H28N2O/c1-2-5-13(6-3-1)16-9-4-10-17-11-14-7-8-15(12-17)18-14/h13-16H,1-12H2. The molecule has 104 valence electrons. The zero-order chi connectivity index (χ0) is 12.2. The molecule has 0 aromatic heterocycles. The predicted octanol–water partition coefficient (Wildman–Crippen LogP) is 2.16. The second-order valence-corrected chi connectivity index (χ2v) is 6.36. The normalized spacial score (nSPS) is 34.0. The molecule has 2 heterocycles. The van der Waals surface area contributed by atoms with Gasteiger partial charge in [0, 0.05) is 19.1 Å². The van der Waals surface area contributed by atoms with Crippen LogP contribution in [0.4, 0.5) is 0 Å². The fourth-order valence-electron chi connectivity index (χ4n) is 3.80. The summed E-state index contributed by atoms with van der Waals surface area (Å²) >= 11 is 0. The van der Waals surface area contributed by atoms with Crippen molar-refractivity contribution in [2.75, 3.05) is 26.2 Å². The highest BCUT2D eigenvalue weighted by Gasteiger charge is 2.33. The van der Waals surface area contributed by atoms with E-state index in [4.69, 9.17) is 4.74 Å². The molecule has 3 aliphatic rings. The fourth-order valence-corrected chi connectivity index (χ4v) is 3.80. The number of nitrogens with zero attached hydrogens (tertiary/aromatic N) is 1. The van der Waals surface area contributed by atoms with E-state index in [-0.39, 0.29) is 0 Å². The number of hydrogen-bond acceptors (Lipinski definition) is 3. The number of fused-ring (bicyclic) bond motifs is 2. The van der Waals surface area contributed by atoms with Gasteiger partial charge in [0.15, 0.2) is 0 Å². The lowest BCUT2D eigenvalue weighted by atomic mass is 9.95. The van der Waals surface area contributed by atoms with Crippen molar-refractivity contribution in [2.45, 2.75) is 69.6 Å². The average molecular weight is 252 g/mol. The Kier molecular flexibility index (Phi) is 4.55. The molecule has 18 heavy (non-hydrogen) atoms. The van der Waals surface area contributed by atoms with Gasteiger partial charge in [0.25, 0.3) is 0 Å². The van der Waals surface area contributed by atoms with E-state index >= 15 is 0 Å². The van der Waals surface area contributed by atoms with Crippen LogP contribution in [0.25, 0.3) is 0 Å². The first-order chi connectivity index (χ1) is 8.90. The topological polar surface area (TPSA) is 24.5 Å². The van der Waals surface area contributed by atoms with Gasteiger partial charge in [-0.3, -0.25) is 4.90 Å². The van der Waals surface area contributed by atoms with Crippen molar-refractivity contribution < 1.29 is 4.74 Å². The number of morpholine rings is 1. The molecule has 0 aromatic rings. The van der Waals surface area contributed by atoms with Gasteiger partial charge in [0.1, 0.15) is 0 Å². The van der Waals surface area contributed by atoms with Gasteiger partial charge in [-0.05, 0) is 45.2 Å². The van der Waals surface area contributed by atoms with Gasteiger partial charge >= 0.3 is 0 Å². The Morgan fingerprint density at radius 1 is 0.944 bits per heavy atom. The van der Waals surface area contributed by atoms with Gasteiger partial charge in [-0.15, -0.1) is 0 Å². The van der Waals surface area contributed by atoms with Crippen molar-refractivity contribution in [3.63, 3.8) is 0 Å². The molecule has 2 bridgehead atoms. The largest absolute Gasteiger partial charge is 0.372 e. The van der Waals surface area contributed by atoms with Gasteiger partial charge < -0.3 is 10.1 Å². The van der Waals surface area contributed by atoms with Gasteiger partial charge in [-0.1, -0.05) is 19.3 Å². The van der Waals surface area contributed by atoms with E-state index in [9.17, 15) is 0 Å². The summed E-state index contributed by atoms with van der Waals surface area (Å²) in [6, 6.07) is 0.819. The summed E-state index contributed by atoms with van der Waals surface area (Å²) in [5.41, 5.74) is 0. The second kappa shape index (κ2) is 6.36. The summed E-state index contributed by atoms with van der Waals surface area (Å²) in [5, 5.41) is 3.74. The van der Waals surface area contributed by atoms with Crippen LogP contribution in [0.5, 0.6) is 0 Å². The minimum atomic E-state index is 0.551. The first-order valence-electron chi connectivity index (χ1n) is 8.01. The van der Waals surface area contributed by atoms with E-state index in [1.165, 1.54) is 77.5 Å². The summed E-state index contributed by atoms with van der Waals surface area (Å²) in [7, 11) is 0. The van der Waals surface area contributed by atoms with E-state index < -0.39 is 0 Å². The summed E-state index contributed by atoms with van der Waals surface area (Å²) in [6.07, 6.45) is 12.1. The molecule has 0 radical (unpaired) electrons. The van der Waals surface area contributed by atoms with E-state index in [1.54, 1.807) is 0 Å². The van der Waals surface area contributed by atoms with Crippen LogP contribution < -0.4 is 5.32 Å². The Morgan fingerprint density at radius 3 is 2.39 bits per heavy atom. The molecule has 2 aliphatic heterocycles. The summed E-state index contributed by atoms with van der Waals surface area (Å²) in [5.74, 6) is 0. The first kappa shape index (κ1) is 12.9. The lowest BCUT2D eigenvalue weighted by molar-refractivity contribution is -0.0383. The van der Waals surface area contributed by atoms with Crippen molar-refractivity contribution in [3.8, 4) is 0 Å². The zero-order valence-electron chi connectivity index (χ0n) is 11.6. The van der Waals surface area contributed by atoms with Crippen LogP contribution in [0, 0.1) is 0 Å². The zero-order valence-corrected chi connectivity index (χ0v) is 11.6. The highest BCUT2D eigenvalue weighted by Crippen LogP contribution is 2.26. The van der Waals surface area contributed by atoms with Crippen molar-refractivity contribution in [1.82, 2.24) is 10.2 Å². The van der Waals surface area contributed by atoms with Crippen LogP contribution >= 0.6 is 0 Å². The number of nitrogens with one attached hydrogen (secondary N) is 1. The highest BCUT2D eigenvalue weighted by molar-refractivity contribution is 4.84. The highest BCUT2D eigenvalue weighted by atomic mass is 16.5. The number of likely N-dealkylation sites (tertiary alicyclic amines) is 1. The third-order valence-corrected chi connectivity index (χ3v) is 4.81. The summed E-state index contributed by atoms with van der Waals surface area (Å²) in [6.45, 7) is 4.83. The molecule has 2 atom stereocenters. The smallest absolute Gasteiger partial charge is 0.0707 e. The van der Waals surface area contributed by atoms with Crippen molar-refractivity contribution in [2.24, 2.45) is 0 Å². The Labute approximate surface area is 111 Å². The Morgan fingerprint density at radius 2 is 1.67 bits per heavy atom. The minimum Gasteiger partial charge on any atom is -0.372 e. The van der Waals surface area contributed by atoms with Crippen LogP contribution in [0.1, 0.15) is 51.4 Å². The predicted molar refractivity (Wildman–Crippen MR) is 73.8 cm³/mol. The Hall–Kier alpha value is -0.120. The van der Waals surface area contributed by atoms with Crippen molar-refractivity contribution in [1.29, 1.82) is 0 Å². The lowest BCUT2D eigenvalue weighted by Crippen LogP contribution is -2.43. The lowest BCUT2D eigenvalue weighted by Gasteiger charge is -2.32. The molecule has 0 spiro atoms. The third kappa shape index (κ3) is 3.46. The number of ether oxygens (including phenoxy) is 1. The number of hydrogen-bond donors (Lipinski definition) is 1. The van der Waals surface area contributed by atoms with Crippen LogP contribution in [0.3, 0.4) is 0 Å². The van der Waals surface area contributed by atoms with Crippen LogP contribution in [0.15, 0.2) is 0 Å². The Balaban J connectivity index is 1.28. The van der Waals surface area contributed by atoms with Gasteiger partial charge in [-0.2, -0.15) is 0 Å².